The van der Waals surface area contributed by atoms with Gasteiger partial charge < -0.3 is 30.1 Å². The minimum absolute atomic E-state index is 0.0189. The van der Waals surface area contributed by atoms with Crippen LogP contribution in [0, 0.1) is 6.92 Å². The second-order valence-corrected chi connectivity index (χ2v) is 10.6. The molecule has 2 unspecified atom stereocenters. The molecule has 2 aromatic carbocycles. The van der Waals surface area contributed by atoms with E-state index >= 15 is 0 Å². The number of phenolic OH excluding ortho intramolecular Hbond substituents is 1. The van der Waals surface area contributed by atoms with Gasteiger partial charge in [-0.05, 0) is 63.9 Å². The Morgan fingerprint density at radius 3 is 2.31 bits per heavy atom. The highest BCUT2D eigenvalue weighted by molar-refractivity contribution is 7.80. The zero-order valence-electron chi connectivity index (χ0n) is 23.6. The van der Waals surface area contributed by atoms with Crippen LogP contribution in [0.4, 0.5) is 10.5 Å². The number of anilines is 1. The lowest BCUT2D eigenvalue weighted by Gasteiger charge is -2.34. The van der Waals surface area contributed by atoms with Gasteiger partial charge in [0.2, 0.25) is 5.91 Å². The Morgan fingerprint density at radius 1 is 1.08 bits per heavy atom. The molecule has 0 aliphatic carbocycles. The first-order valence-electron chi connectivity index (χ1n) is 13.1. The summed E-state index contributed by atoms with van der Waals surface area (Å²) in [6.07, 6.45) is 1.57. The van der Waals surface area contributed by atoms with Crippen LogP contribution >= 0.6 is 12.6 Å². The zero-order chi connectivity index (χ0) is 29.2. The van der Waals surface area contributed by atoms with Crippen molar-refractivity contribution < 1.29 is 29.0 Å². The number of unbranched alkanes of at least 4 members (excludes halogenated alkanes) is 2. The topological polar surface area (TPSA) is 117 Å². The summed E-state index contributed by atoms with van der Waals surface area (Å²) < 4.78 is 10.5. The summed E-state index contributed by atoms with van der Waals surface area (Å²) in [6, 6.07) is 9.62. The Hall–Kier alpha value is -3.40. The second kappa shape index (κ2) is 14.7. The summed E-state index contributed by atoms with van der Waals surface area (Å²) in [7, 11) is 1.55. The molecular weight excluding hydrogens is 518 g/mol. The average Bonchev–Trinajstić information content (AvgIpc) is 2.88. The second-order valence-electron chi connectivity index (χ2n) is 10.3. The van der Waals surface area contributed by atoms with Crippen molar-refractivity contribution >= 4 is 36.2 Å². The minimum Gasteiger partial charge on any atom is -0.507 e. The summed E-state index contributed by atoms with van der Waals surface area (Å²) in [5.74, 6) is -0.497. The number of nitrogens with one attached hydrogen (secondary N) is 2. The van der Waals surface area contributed by atoms with Crippen molar-refractivity contribution in [1.82, 2.24) is 10.2 Å². The lowest BCUT2D eigenvalue weighted by molar-refractivity contribution is -0.140. The van der Waals surface area contributed by atoms with E-state index in [1.807, 2.05) is 6.92 Å². The molecule has 9 nitrogen and oxygen atoms in total. The van der Waals surface area contributed by atoms with Crippen molar-refractivity contribution in [2.75, 3.05) is 24.7 Å². The average molecular weight is 560 g/mol. The van der Waals surface area contributed by atoms with Crippen LogP contribution < -0.4 is 15.4 Å². The monoisotopic (exact) mass is 559 g/mol. The van der Waals surface area contributed by atoms with Crippen molar-refractivity contribution in [1.29, 1.82) is 0 Å². The Bertz CT molecular complexity index is 1120. The van der Waals surface area contributed by atoms with Crippen molar-refractivity contribution in [2.24, 2.45) is 0 Å². The van der Waals surface area contributed by atoms with Crippen LogP contribution in [0.1, 0.15) is 64.1 Å². The fourth-order valence-corrected chi connectivity index (χ4v) is 4.22. The highest BCUT2D eigenvalue weighted by atomic mass is 32.1. The van der Waals surface area contributed by atoms with E-state index in [4.69, 9.17) is 9.47 Å². The summed E-state index contributed by atoms with van der Waals surface area (Å²) in [4.78, 5) is 41.7. The molecule has 214 valence electrons. The number of rotatable bonds is 12. The highest BCUT2D eigenvalue weighted by Crippen LogP contribution is 2.33. The number of hydrogen-bond donors (Lipinski definition) is 4. The lowest BCUT2D eigenvalue weighted by Crippen LogP contribution is -2.53. The van der Waals surface area contributed by atoms with Gasteiger partial charge in [0.15, 0.2) is 0 Å². The van der Waals surface area contributed by atoms with Gasteiger partial charge in [-0.25, -0.2) is 4.79 Å². The van der Waals surface area contributed by atoms with Gasteiger partial charge in [0.1, 0.15) is 29.2 Å². The fourth-order valence-electron chi connectivity index (χ4n) is 3.97. The minimum atomic E-state index is -1.18. The molecule has 0 spiro atoms. The fraction of sp³-hybridized carbons (Fsp3) is 0.483. The molecule has 2 aromatic rings. The number of phenols is 1. The van der Waals surface area contributed by atoms with Crippen molar-refractivity contribution in [3.63, 3.8) is 0 Å². The number of thiol groups is 1. The maximum atomic E-state index is 13.9. The molecule has 0 bridgehead atoms. The van der Waals surface area contributed by atoms with Gasteiger partial charge in [-0.3, -0.25) is 9.59 Å². The summed E-state index contributed by atoms with van der Waals surface area (Å²) in [6.45, 7) is 9.15. The molecular formula is C29H41N3O6S. The number of benzene rings is 2. The Morgan fingerprint density at radius 2 is 1.74 bits per heavy atom. The van der Waals surface area contributed by atoms with E-state index in [2.05, 4.69) is 23.3 Å². The van der Waals surface area contributed by atoms with E-state index in [9.17, 15) is 19.5 Å². The number of alkyl carbamates (subject to hydrolysis) is 1. The third-order valence-corrected chi connectivity index (χ3v) is 6.30. The van der Waals surface area contributed by atoms with Crippen LogP contribution in [0.2, 0.25) is 0 Å². The number of nitrogens with zero attached hydrogens (tertiary/aromatic N) is 1. The van der Waals surface area contributed by atoms with Crippen molar-refractivity contribution in [3.05, 3.63) is 53.6 Å². The van der Waals surface area contributed by atoms with Crippen LogP contribution in [0.25, 0.3) is 0 Å². The number of amides is 3. The van der Waals surface area contributed by atoms with Crippen LogP contribution in [-0.4, -0.2) is 59.0 Å². The summed E-state index contributed by atoms with van der Waals surface area (Å²) in [5, 5.41) is 16.4. The third-order valence-electron chi connectivity index (χ3n) is 5.94. The SMILES string of the molecule is CCCCCN(C(=O)C(CS)NC(=O)OC(C)(C)C)C(C(=O)Nc1ccc(OC)cc1)c1cccc(C)c1O. The molecule has 2 atom stereocenters. The molecule has 0 aliphatic rings. The molecule has 0 saturated carbocycles. The van der Waals surface area contributed by atoms with Crippen molar-refractivity contribution in [3.8, 4) is 11.5 Å². The maximum Gasteiger partial charge on any atom is 0.408 e. The lowest BCUT2D eigenvalue weighted by atomic mass is 9.98. The van der Waals surface area contributed by atoms with Gasteiger partial charge in [-0.15, -0.1) is 0 Å². The maximum absolute atomic E-state index is 13.9. The number of para-hydroxylation sites is 1. The van der Waals surface area contributed by atoms with Gasteiger partial charge in [-0.2, -0.15) is 12.6 Å². The van der Waals surface area contributed by atoms with E-state index in [-0.39, 0.29) is 23.6 Å². The normalized spacial score (nSPS) is 12.7. The molecule has 3 amide bonds. The van der Waals surface area contributed by atoms with Gasteiger partial charge in [0.25, 0.3) is 5.91 Å². The molecule has 0 aromatic heterocycles. The van der Waals surface area contributed by atoms with Gasteiger partial charge >= 0.3 is 6.09 Å². The number of carbonyl (C=O) groups excluding carboxylic acids is 3. The molecule has 2 rings (SSSR count). The molecule has 10 heteroatoms. The smallest absolute Gasteiger partial charge is 0.408 e. The van der Waals surface area contributed by atoms with Crippen LogP contribution in [-0.2, 0) is 14.3 Å². The number of hydrogen-bond acceptors (Lipinski definition) is 7. The number of methoxy groups -OCH3 is 1. The molecule has 0 heterocycles. The first-order chi connectivity index (χ1) is 18.4. The first-order valence-corrected chi connectivity index (χ1v) is 13.7. The molecule has 0 saturated heterocycles. The molecule has 0 radical (unpaired) electrons. The van der Waals surface area contributed by atoms with Gasteiger partial charge in [-0.1, -0.05) is 38.0 Å². The third kappa shape index (κ3) is 9.38. The van der Waals surface area contributed by atoms with E-state index in [0.29, 0.717) is 23.4 Å². The predicted molar refractivity (Wildman–Crippen MR) is 155 cm³/mol. The highest BCUT2D eigenvalue weighted by Gasteiger charge is 2.37. The summed E-state index contributed by atoms with van der Waals surface area (Å²) in [5.41, 5.74) is 0.578. The Balaban J connectivity index is 2.52. The molecule has 0 aliphatic heterocycles. The number of aryl methyl sites for hydroxylation is 1. The van der Waals surface area contributed by atoms with Crippen LogP contribution in [0.3, 0.4) is 0 Å². The van der Waals surface area contributed by atoms with Crippen LogP contribution in [0.15, 0.2) is 42.5 Å². The molecule has 39 heavy (non-hydrogen) atoms. The Labute approximate surface area is 236 Å². The largest absolute Gasteiger partial charge is 0.507 e. The van der Waals surface area contributed by atoms with Crippen molar-refractivity contribution in [2.45, 2.75) is 71.6 Å². The first kappa shape index (κ1) is 31.8. The summed E-state index contributed by atoms with van der Waals surface area (Å²) >= 11 is 4.31. The number of aromatic hydroxyl groups is 1. The molecule has 3 N–H and O–H groups in total. The van der Waals surface area contributed by atoms with E-state index in [0.717, 1.165) is 12.8 Å². The quantitative estimate of drug-likeness (QED) is 0.209. The zero-order valence-corrected chi connectivity index (χ0v) is 24.5. The standard InChI is InChI=1S/C29H41N3O6S/c1-7-8-9-17-32(27(35)23(18-39)31-28(36)38-29(3,4)5)24(22-12-10-11-19(2)25(22)33)26(34)30-20-13-15-21(37-6)16-14-20/h10-16,23-24,33,39H,7-9,17-18H2,1-6H3,(H,30,34)(H,31,36). The predicted octanol–water partition coefficient (Wildman–Crippen LogP) is 5.23. The number of carbonyl (C=O) groups is 3. The Kier molecular flexibility index (Phi) is 12.0. The molecule has 0 fully saturated rings. The van der Waals surface area contributed by atoms with E-state index < -0.39 is 35.6 Å². The van der Waals surface area contributed by atoms with Gasteiger partial charge in [0.05, 0.1) is 7.11 Å². The van der Waals surface area contributed by atoms with E-state index in [1.54, 1.807) is 77.3 Å². The van der Waals surface area contributed by atoms with Gasteiger partial charge in [0, 0.05) is 23.5 Å². The number of ether oxygens (including phenoxy) is 2. The van der Waals surface area contributed by atoms with Crippen LogP contribution in [0.5, 0.6) is 11.5 Å². The van der Waals surface area contributed by atoms with E-state index in [1.165, 1.54) is 4.90 Å².